The quantitative estimate of drug-likeness (QED) is 0.435. The third-order valence-corrected chi connectivity index (χ3v) is 9.35. The third kappa shape index (κ3) is 7.10. The standard InChI is InChI=1S/C27H33Cl2N3O6S/c1-3-39(35,36)32(22-10-11-24-25(15-22)38-13-12-37-24)17-26(33)31(16-19-8-9-20(28)14-23(19)29)18(2)27(34)30-21-6-4-5-7-21/h8-11,14-15,18,21H,3-7,12-13,16-17H2,1-2H3,(H,30,34)/t18-/m0/s1. The second-order valence-corrected chi connectivity index (χ2v) is 12.7. The summed E-state index contributed by atoms with van der Waals surface area (Å²) in [6.45, 7) is 3.35. The van der Waals surface area contributed by atoms with Gasteiger partial charge in [0.15, 0.2) is 11.5 Å². The van der Waals surface area contributed by atoms with Gasteiger partial charge in [-0.2, -0.15) is 0 Å². The number of hydrogen-bond acceptors (Lipinski definition) is 6. The zero-order valence-electron chi connectivity index (χ0n) is 22.0. The van der Waals surface area contributed by atoms with Crippen LogP contribution in [0, 0.1) is 0 Å². The zero-order valence-corrected chi connectivity index (χ0v) is 24.3. The van der Waals surface area contributed by atoms with Crippen molar-refractivity contribution >= 4 is 50.7 Å². The first-order chi connectivity index (χ1) is 18.6. The van der Waals surface area contributed by atoms with Gasteiger partial charge in [0.05, 0.1) is 11.4 Å². The SMILES string of the molecule is CCS(=O)(=O)N(CC(=O)N(Cc1ccc(Cl)cc1Cl)[C@@H](C)C(=O)NC1CCCC1)c1ccc2c(c1)OCCO2. The van der Waals surface area contributed by atoms with Gasteiger partial charge in [-0.1, -0.05) is 42.1 Å². The Kier molecular flexibility index (Phi) is 9.51. The zero-order chi connectivity index (χ0) is 28.2. The van der Waals surface area contributed by atoms with Crippen LogP contribution in [0.25, 0.3) is 0 Å². The summed E-state index contributed by atoms with van der Waals surface area (Å²) >= 11 is 12.5. The number of fused-ring (bicyclic) bond motifs is 1. The Morgan fingerprint density at radius 2 is 1.74 bits per heavy atom. The van der Waals surface area contributed by atoms with E-state index in [4.69, 9.17) is 32.7 Å². The van der Waals surface area contributed by atoms with Crippen molar-refractivity contribution in [3.63, 3.8) is 0 Å². The molecule has 2 aliphatic rings. The average Bonchev–Trinajstić information content (AvgIpc) is 3.43. The number of nitrogens with zero attached hydrogens (tertiary/aromatic N) is 2. The van der Waals surface area contributed by atoms with E-state index in [1.165, 1.54) is 11.8 Å². The Balaban J connectivity index is 1.64. The van der Waals surface area contributed by atoms with Gasteiger partial charge >= 0.3 is 0 Å². The van der Waals surface area contributed by atoms with Crippen molar-refractivity contribution in [1.29, 1.82) is 0 Å². The van der Waals surface area contributed by atoms with Crippen molar-refractivity contribution < 1.29 is 27.5 Å². The van der Waals surface area contributed by atoms with Crippen LogP contribution in [-0.4, -0.2) is 62.7 Å². The molecule has 0 bridgehead atoms. The minimum absolute atomic E-state index is 0.00472. The second kappa shape index (κ2) is 12.7. The highest BCUT2D eigenvalue weighted by atomic mass is 35.5. The van der Waals surface area contributed by atoms with Gasteiger partial charge < -0.3 is 19.7 Å². The minimum atomic E-state index is -3.87. The van der Waals surface area contributed by atoms with E-state index in [0.717, 1.165) is 30.0 Å². The first-order valence-electron chi connectivity index (χ1n) is 13.0. The van der Waals surface area contributed by atoms with Crippen molar-refractivity contribution in [2.24, 2.45) is 0 Å². The highest BCUT2D eigenvalue weighted by Gasteiger charge is 2.33. The van der Waals surface area contributed by atoms with Crippen LogP contribution in [0.4, 0.5) is 5.69 Å². The summed E-state index contributed by atoms with van der Waals surface area (Å²) in [7, 11) is -3.87. The molecule has 0 saturated heterocycles. The van der Waals surface area contributed by atoms with E-state index in [2.05, 4.69) is 5.32 Å². The monoisotopic (exact) mass is 597 g/mol. The summed E-state index contributed by atoms with van der Waals surface area (Å²) in [5.74, 6) is -0.181. The molecular weight excluding hydrogens is 565 g/mol. The van der Waals surface area contributed by atoms with Gasteiger partial charge in [-0.3, -0.25) is 13.9 Å². The topological polar surface area (TPSA) is 105 Å². The van der Waals surface area contributed by atoms with Gasteiger partial charge in [-0.15, -0.1) is 0 Å². The number of hydrogen-bond donors (Lipinski definition) is 1. The summed E-state index contributed by atoms with van der Waals surface area (Å²) in [5, 5.41) is 3.81. The van der Waals surface area contributed by atoms with Crippen molar-refractivity contribution in [1.82, 2.24) is 10.2 Å². The lowest BCUT2D eigenvalue weighted by Crippen LogP contribution is -2.52. The number of anilines is 1. The number of nitrogens with one attached hydrogen (secondary N) is 1. The van der Waals surface area contributed by atoms with Crippen LogP contribution in [0.5, 0.6) is 11.5 Å². The van der Waals surface area contributed by atoms with Crippen LogP contribution in [0.1, 0.15) is 45.1 Å². The Bertz CT molecular complexity index is 1320. The Labute approximate surface area is 239 Å². The smallest absolute Gasteiger partial charge is 0.244 e. The highest BCUT2D eigenvalue weighted by molar-refractivity contribution is 7.92. The molecule has 1 atom stereocenters. The number of carbonyl (C=O) groups excluding carboxylic acids is 2. The molecule has 1 aliphatic heterocycles. The fraction of sp³-hybridized carbons (Fsp3) is 0.481. The summed E-state index contributed by atoms with van der Waals surface area (Å²) in [4.78, 5) is 28.4. The highest BCUT2D eigenvalue weighted by Crippen LogP contribution is 2.35. The molecule has 9 nitrogen and oxygen atoms in total. The molecule has 0 spiro atoms. The largest absolute Gasteiger partial charge is 0.486 e. The number of rotatable bonds is 10. The predicted octanol–water partition coefficient (Wildman–Crippen LogP) is 4.40. The van der Waals surface area contributed by atoms with Crippen LogP contribution in [0.15, 0.2) is 36.4 Å². The van der Waals surface area contributed by atoms with E-state index in [1.807, 2.05) is 0 Å². The summed E-state index contributed by atoms with van der Waals surface area (Å²) in [6.07, 6.45) is 3.87. The van der Waals surface area contributed by atoms with Crippen molar-refractivity contribution in [3.8, 4) is 11.5 Å². The van der Waals surface area contributed by atoms with Crippen LogP contribution >= 0.6 is 23.2 Å². The molecule has 1 heterocycles. The molecule has 0 radical (unpaired) electrons. The summed E-state index contributed by atoms with van der Waals surface area (Å²) in [6, 6.07) is 8.83. The van der Waals surface area contributed by atoms with Crippen LogP contribution in [-0.2, 0) is 26.2 Å². The Morgan fingerprint density at radius 3 is 2.41 bits per heavy atom. The van der Waals surface area contributed by atoms with Gasteiger partial charge in [0.1, 0.15) is 25.8 Å². The van der Waals surface area contributed by atoms with Crippen molar-refractivity contribution in [2.45, 2.75) is 58.2 Å². The van der Waals surface area contributed by atoms with E-state index in [-0.39, 0.29) is 29.9 Å². The molecule has 212 valence electrons. The van der Waals surface area contributed by atoms with E-state index in [1.54, 1.807) is 43.3 Å². The Morgan fingerprint density at radius 1 is 1.05 bits per heavy atom. The molecule has 1 aliphatic carbocycles. The lowest BCUT2D eigenvalue weighted by molar-refractivity contribution is -0.139. The van der Waals surface area contributed by atoms with E-state index in [9.17, 15) is 18.0 Å². The van der Waals surface area contributed by atoms with E-state index < -0.39 is 28.5 Å². The number of carbonyl (C=O) groups is 2. The minimum Gasteiger partial charge on any atom is -0.486 e. The molecule has 39 heavy (non-hydrogen) atoms. The molecule has 12 heteroatoms. The molecule has 1 N–H and O–H groups in total. The molecule has 2 aromatic rings. The van der Waals surface area contributed by atoms with Crippen LogP contribution < -0.4 is 19.1 Å². The summed E-state index contributed by atoms with van der Waals surface area (Å²) in [5.41, 5.74) is 0.848. The van der Waals surface area contributed by atoms with Crippen molar-refractivity contribution in [3.05, 3.63) is 52.0 Å². The van der Waals surface area contributed by atoms with Gasteiger partial charge in [0.25, 0.3) is 0 Å². The van der Waals surface area contributed by atoms with Gasteiger partial charge in [0, 0.05) is 28.7 Å². The van der Waals surface area contributed by atoms with Crippen molar-refractivity contribution in [2.75, 3.05) is 29.8 Å². The van der Waals surface area contributed by atoms with Gasteiger partial charge in [-0.05, 0) is 56.5 Å². The molecule has 4 rings (SSSR count). The number of sulfonamides is 1. The molecule has 2 amide bonds. The van der Waals surface area contributed by atoms with Crippen LogP contribution in [0.3, 0.4) is 0 Å². The molecule has 1 saturated carbocycles. The maximum Gasteiger partial charge on any atom is 0.244 e. The van der Waals surface area contributed by atoms with E-state index >= 15 is 0 Å². The first kappa shape index (κ1) is 29.3. The summed E-state index contributed by atoms with van der Waals surface area (Å²) < 4.78 is 38.6. The molecule has 1 fully saturated rings. The lowest BCUT2D eigenvalue weighted by Gasteiger charge is -2.32. The number of benzene rings is 2. The lowest BCUT2D eigenvalue weighted by atomic mass is 10.1. The fourth-order valence-electron chi connectivity index (χ4n) is 4.71. The fourth-order valence-corrected chi connectivity index (χ4v) is 6.24. The molecule has 0 unspecified atom stereocenters. The predicted molar refractivity (Wildman–Crippen MR) is 151 cm³/mol. The van der Waals surface area contributed by atoms with Gasteiger partial charge in [0.2, 0.25) is 21.8 Å². The second-order valence-electron chi connectivity index (χ2n) is 9.66. The van der Waals surface area contributed by atoms with Gasteiger partial charge in [-0.25, -0.2) is 8.42 Å². The maximum atomic E-state index is 13.9. The Hall–Kier alpha value is -2.69. The maximum absolute atomic E-state index is 13.9. The molecule has 0 aromatic heterocycles. The third-order valence-electron chi connectivity index (χ3n) is 7.02. The van der Waals surface area contributed by atoms with Crippen LogP contribution in [0.2, 0.25) is 10.0 Å². The number of halogens is 2. The molecular formula is C27H33Cl2N3O6S. The average molecular weight is 599 g/mol. The first-order valence-corrected chi connectivity index (χ1v) is 15.4. The number of amides is 2. The number of ether oxygens (including phenoxy) is 2. The normalized spacial score (nSPS) is 16.0. The molecule has 2 aromatic carbocycles. The van der Waals surface area contributed by atoms with E-state index in [0.29, 0.717) is 40.3 Å².